The van der Waals surface area contributed by atoms with E-state index in [4.69, 9.17) is 9.47 Å². The highest BCUT2D eigenvalue weighted by Gasteiger charge is 2.16. The van der Waals surface area contributed by atoms with Gasteiger partial charge in [0.1, 0.15) is 24.7 Å². The smallest absolute Gasteiger partial charge is 0.337 e. The molecule has 33 heavy (non-hydrogen) atoms. The van der Waals surface area contributed by atoms with Crippen molar-refractivity contribution in [2.24, 2.45) is 0 Å². The first-order valence-corrected chi connectivity index (χ1v) is 10.7. The third kappa shape index (κ3) is 5.39. The highest BCUT2D eigenvalue weighted by atomic mass is 16.5. The zero-order valence-corrected chi connectivity index (χ0v) is 18.6. The van der Waals surface area contributed by atoms with Crippen LogP contribution in [0.15, 0.2) is 84.9 Å². The Kier molecular flexibility index (Phi) is 6.69. The Morgan fingerprint density at radius 2 is 1.58 bits per heavy atom. The molecule has 0 radical (unpaired) electrons. The average Bonchev–Trinajstić information content (AvgIpc) is 2.84. The molecular formula is C28H25NO4. The number of nitrogens with zero attached hydrogens (tertiary/aromatic N) is 1. The fraction of sp³-hybridized carbons (Fsp3) is 0.143. The fourth-order valence-corrected chi connectivity index (χ4v) is 3.45. The summed E-state index contributed by atoms with van der Waals surface area (Å²) in [5.41, 5.74) is 5.23. The molecule has 0 bridgehead atoms. The summed E-state index contributed by atoms with van der Waals surface area (Å²) < 4.78 is 11.9. The zero-order chi connectivity index (χ0) is 23.2. The van der Waals surface area contributed by atoms with E-state index in [0.29, 0.717) is 29.5 Å². The van der Waals surface area contributed by atoms with Gasteiger partial charge in [-0.3, -0.25) is 0 Å². The van der Waals surface area contributed by atoms with E-state index in [1.54, 1.807) is 12.1 Å². The molecule has 0 fully saturated rings. The lowest BCUT2D eigenvalue weighted by molar-refractivity contribution is 0.0693. The Hall–Kier alpha value is -4.12. The Bertz CT molecular complexity index is 1270. The van der Waals surface area contributed by atoms with Crippen LogP contribution < -0.4 is 9.47 Å². The van der Waals surface area contributed by atoms with Gasteiger partial charge in [0.25, 0.3) is 0 Å². The van der Waals surface area contributed by atoms with Crippen molar-refractivity contribution in [3.8, 4) is 22.8 Å². The van der Waals surface area contributed by atoms with Crippen LogP contribution in [0.2, 0.25) is 0 Å². The first-order valence-electron chi connectivity index (χ1n) is 10.7. The molecule has 3 aromatic carbocycles. The maximum absolute atomic E-state index is 11.8. The van der Waals surface area contributed by atoms with Gasteiger partial charge in [0, 0.05) is 5.56 Å². The van der Waals surface area contributed by atoms with Crippen molar-refractivity contribution < 1.29 is 19.4 Å². The van der Waals surface area contributed by atoms with Crippen molar-refractivity contribution in [1.82, 2.24) is 4.98 Å². The molecule has 0 saturated carbocycles. The number of hydrogen-bond donors (Lipinski definition) is 1. The maximum Gasteiger partial charge on any atom is 0.337 e. The van der Waals surface area contributed by atoms with Gasteiger partial charge in [-0.05, 0) is 66.9 Å². The van der Waals surface area contributed by atoms with Crippen LogP contribution in [0.5, 0.6) is 11.5 Å². The summed E-state index contributed by atoms with van der Waals surface area (Å²) in [6.45, 7) is 4.51. The van der Waals surface area contributed by atoms with Gasteiger partial charge >= 0.3 is 5.97 Å². The number of carboxylic acids is 1. The predicted octanol–water partition coefficient (Wildman–Crippen LogP) is 6.22. The lowest BCUT2D eigenvalue weighted by Crippen LogP contribution is -2.09. The second-order valence-corrected chi connectivity index (χ2v) is 7.80. The molecule has 1 heterocycles. The Morgan fingerprint density at radius 3 is 2.33 bits per heavy atom. The molecule has 166 valence electrons. The maximum atomic E-state index is 11.8. The van der Waals surface area contributed by atoms with Gasteiger partial charge in [-0.25, -0.2) is 9.78 Å². The molecule has 0 unspecified atom stereocenters. The molecule has 1 aromatic heterocycles. The van der Waals surface area contributed by atoms with Crippen LogP contribution in [-0.4, -0.2) is 16.1 Å². The monoisotopic (exact) mass is 439 g/mol. The SMILES string of the molecule is Cc1ccc(OCc2nc(-c3ccccc3OCc3ccccc3)ccc2C(=O)O)cc1C. The van der Waals surface area contributed by atoms with Gasteiger partial charge in [0.2, 0.25) is 0 Å². The fourth-order valence-electron chi connectivity index (χ4n) is 3.45. The van der Waals surface area contributed by atoms with E-state index in [9.17, 15) is 9.90 Å². The number of hydrogen-bond acceptors (Lipinski definition) is 4. The van der Waals surface area contributed by atoms with Crippen molar-refractivity contribution in [2.75, 3.05) is 0 Å². The number of carbonyl (C=O) groups is 1. The van der Waals surface area contributed by atoms with Crippen molar-refractivity contribution in [3.63, 3.8) is 0 Å². The minimum atomic E-state index is -1.04. The van der Waals surface area contributed by atoms with E-state index in [1.165, 1.54) is 5.56 Å². The lowest BCUT2D eigenvalue weighted by atomic mass is 10.1. The molecule has 5 nitrogen and oxygen atoms in total. The van der Waals surface area contributed by atoms with E-state index >= 15 is 0 Å². The summed E-state index contributed by atoms with van der Waals surface area (Å²) >= 11 is 0. The van der Waals surface area contributed by atoms with E-state index < -0.39 is 5.97 Å². The number of aromatic carboxylic acids is 1. The summed E-state index contributed by atoms with van der Waals surface area (Å²) in [4.78, 5) is 16.4. The van der Waals surface area contributed by atoms with Crippen LogP contribution in [0.4, 0.5) is 0 Å². The van der Waals surface area contributed by atoms with Gasteiger partial charge in [-0.15, -0.1) is 0 Å². The topological polar surface area (TPSA) is 68.7 Å². The third-order valence-electron chi connectivity index (χ3n) is 5.46. The number of carboxylic acid groups (broad SMARTS) is 1. The quantitative estimate of drug-likeness (QED) is 0.353. The summed E-state index contributed by atoms with van der Waals surface area (Å²) in [7, 11) is 0. The zero-order valence-electron chi connectivity index (χ0n) is 18.6. The van der Waals surface area contributed by atoms with Crippen LogP contribution in [0.3, 0.4) is 0 Å². The molecule has 0 saturated heterocycles. The van der Waals surface area contributed by atoms with E-state index in [1.807, 2.05) is 86.6 Å². The molecule has 5 heteroatoms. The molecular weight excluding hydrogens is 414 g/mol. The molecule has 4 aromatic rings. The molecule has 0 aliphatic rings. The molecule has 0 spiro atoms. The number of aromatic nitrogens is 1. The number of pyridine rings is 1. The first-order chi connectivity index (χ1) is 16.0. The van der Waals surface area contributed by atoms with Crippen LogP contribution in [0, 0.1) is 13.8 Å². The van der Waals surface area contributed by atoms with E-state index in [2.05, 4.69) is 4.98 Å². The highest BCUT2D eigenvalue weighted by molar-refractivity contribution is 5.89. The summed E-state index contributed by atoms with van der Waals surface area (Å²) in [6, 6.07) is 26.6. The normalized spacial score (nSPS) is 10.6. The van der Waals surface area contributed by atoms with Crippen LogP contribution in [-0.2, 0) is 13.2 Å². The number of rotatable bonds is 8. The lowest BCUT2D eigenvalue weighted by Gasteiger charge is -2.14. The van der Waals surface area contributed by atoms with Crippen LogP contribution in [0.25, 0.3) is 11.3 Å². The van der Waals surface area contributed by atoms with Gasteiger partial charge in [0.05, 0.1) is 17.0 Å². The highest BCUT2D eigenvalue weighted by Crippen LogP contribution is 2.30. The first kappa shape index (κ1) is 22.1. The molecule has 4 rings (SSSR count). The second-order valence-electron chi connectivity index (χ2n) is 7.80. The predicted molar refractivity (Wildman–Crippen MR) is 128 cm³/mol. The van der Waals surface area contributed by atoms with Crippen molar-refractivity contribution in [3.05, 3.63) is 113 Å². The summed E-state index contributed by atoms with van der Waals surface area (Å²) in [5.74, 6) is 0.313. The van der Waals surface area contributed by atoms with Gasteiger partial charge < -0.3 is 14.6 Å². The molecule has 0 aliphatic carbocycles. The largest absolute Gasteiger partial charge is 0.488 e. The van der Waals surface area contributed by atoms with Gasteiger partial charge in [-0.1, -0.05) is 48.5 Å². The van der Waals surface area contributed by atoms with Gasteiger partial charge in [0.15, 0.2) is 0 Å². The number of benzene rings is 3. The van der Waals surface area contributed by atoms with Crippen molar-refractivity contribution in [1.29, 1.82) is 0 Å². The van der Waals surface area contributed by atoms with Crippen molar-refractivity contribution >= 4 is 5.97 Å². The number of ether oxygens (including phenoxy) is 2. The third-order valence-corrected chi connectivity index (χ3v) is 5.46. The van der Waals surface area contributed by atoms with Gasteiger partial charge in [-0.2, -0.15) is 0 Å². The van der Waals surface area contributed by atoms with E-state index in [0.717, 1.165) is 16.7 Å². The minimum absolute atomic E-state index is 0.0466. The van der Waals surface area contributed by atoms with E-state index in [-0.39, 0.29) is 12.2 Å². The molecule has 1 N–H and O–H groups in total. The Balaban J connectivity index is 1.61. The Morgan fingerprint density at radius 1 is 0.818 bits per heavy atom. The van der Waals surface area contributed by atoms with Crippen LogP contribution >= 0.6 is 0 Å². The molecule has 0 aliphatic heterocycles. The Labute approximate surface area is 193 Å². The summed E-state index contributed by atoms with van der Waals surface area (Å²) in [5, 5.41) is 9.65. The minimum Gasteiger partial charge on any atom is -0.488 e. The van der Waals surface area contributed by atoms with Crippen molar-refractivity contribution in [2.45, 2.75) is 27.1 Å². The number of para-hydroxylation sites is 1. The molecule has 0 atom stereocenters. The second kappa shape index (κ2) is 10.0. The average molecular weight is 440 g/mol. The molecule has 0 amide bonds. The number of aryl methyl sites for hydroxylation is 2. The standard InChI is InChI=1S/C28H25NO4/c1-19-12-13-22(16-20(19)2)32-18-26-24(28(30)31)14-15-25(29-26)23-10-6-7-11-27(23)33-17-21-8-4-3-5-9-21/h3-16H,17-18H2,1-2H3,(H,30,31). The summed E-state index contributed by atoms with van der Waals surface area (Å²) in [6.07, 6.45) is 0. The van der Waals surface area contributed by atoms with Crippen LogP contribution in [0.1, 0.15) is 32.7 Å².